The highest BCUT2D eigenvalue weighted by Gasteiger charge is 2.28. The van der Waals surface area contributed by atoms with Gasteiger partial charge in [0.25, 0.3) is 0 Å². The summed E-state index contributed by atoms with van der Waals surface area (Å²) in [5, 5.41) is 22.2. The molecule has 0 amide bonds. The number of aliphatic hydroxyl groups excluding tert-OH is 1. The normalized spacial score (nSPS) is 33.2. The van der Waals surface area contributed by atoms with Crippen molar-refractivity contribution in [1.82, 2.24) is 5.32 Å². The number of hydrogen-bond acceptors (Lipinski definition) is 4. The van der Waals surface area contributed by atoms with Crippen LogP contribution in [0, 0.1) is 0 Å². The first-order chi connectivity index (χ1) is 6.05. The molecule has 0 aliphatic carbocycles. The molecule has 0 bridgehead atoms. The molecule has 0 spiro atoms. The van der Waals surface area contributed by atoms with Crippen LogP contribution in [-0.2, 0) is 4.74 Å². The molecule has 1 heterocycles. The largest absolute Gasteiger partial charge is 0.389 e. The maximum Gasteiger partial charge on any atom is 0.0948 e. The van der Waals surface area contributed by atoms with Crippen LogP contribution in [0.5, 0.6) is 0 Å². The third kappa shape index (κ3) is 3.23. The smallest absolute Gasteiger partial charge is 0.0948 e. The molecular weight excluding hydrogens is 170 g/mol. The van der Waals surface area contributed by atoms with Crippen molar-refractivity contribution in [3.63, 3.8) is 0 Å². The van der Waals surface area contributed by atoms with E-state index >= 15 is 0 Å². The van der Waals surface area contributed by atoms with Crippen molar-refractivity contribution in [1.29, 1.82) is 0 Å². The maximum absolute atomic E-state index is 9.68. The Morgan fingerprint density at radius 2 is 2.23 bits per heavy atom. The molecule has 3 atom stereocenters. The average molecular weight is 189 g/mol. The molecule has 0 saturated carbocycles. The first-order valence-corrected chi connectivity index (χ1v) is 4.77. The van der Waals surface area contributed by atoms with Crippen molar-refractivity contribution in [3.05, 3.63) is 0 Å². The summed E-state index contributed by atoms with van der Waals surface area (Å²) in [6, 6.07) is -0.0296. The summed E-state index contributed by atoms with van der Waals surface area (Å²) in [6.07, 6.45) is 0.261. The fraction of sp³-hybridized carbons (Fsp3) is 1.00. The van der Waals surface area contributed by atoms with Crippen molar-refractivity contribution in [3.8, 4) is 0 Å². The first-order valence-electron chi connectivity index (χ1n) is 4.77. The molecule has 4 nitrogen and oxygen atoms in total. The Morgan fingerprint density at radius 1 is 1.54 bits per heavy atom. The third-order valence-electron chi connectivity index (χ3n) is 2.56. The summed E-state index contributed by atoms with van der Waals surface area (Å²) in [4.78, 5) is 0. The van der Waals surface area contributed by atoms with Gasteiger partial charge in [0.15, 0.2) is 0 Å². The van der Waals surface area contributed by atoms with E-state index in [0.29, 0.717) is 26.2 Å². The van der Waals surface area contributed by atoms with Gasteiger partial charge in [-0.05, 0) is 13.3 Å². The minimum absolute atomic E-state index is 0.0296. The Hall–Kier alpha value is -0.160. The molecule has 78 valence electrons. The molecule has 3 N–H and O–H groups in total. The zero-order valence-electron chi connectivity index (χ0n) is 8.29. The number of rotatable bonds is 4. The highest BCUT2D eigenvalue weighted by molar-refractivity contribution is 4.84. The topological polar surface area (TPSA) is 61.7 Å². The van der Waals surface area contributed by atoms with Crippen LogP contribution in [0.3, 0.4) is 0 Å². The maximum atomic E-state index is 9.68. The first kappa shape index (κ1) is 10.9. The molecular formula is C9H19NO3. The molecule has 0 radical (unpaired) electrons. The van der Waals surface area contributed by atoms with E-state index in [0.717, 1.165) is 0 Å². The van der Waals surface area contributed by atoms with Gasteiger partial charge in [0.2, 0.25) is 0 Å². The van der Waals surface area contributed by atoms with Gasteiger partial charge in [-0.25, -0.2) is 0 Å². The second-order valence-electron chi connectivity index (χ2n) is 3.94. The second-order valence-corrected chi connectivity index (χ2v) is 3.94. The molecule has 0 aromatic rings. The molecule has 0 aromatic heterocycles. The third-order valence-corrected chi connectivity index (χ3v) is 2.56. The van der Waals surface area contributed by atoms with Crippen molar-refractivity contribution in [2.75, 3.05) is 19.8 Å². The lowest BCUT2D eigenvalue weighted by Gasteiger charge is -2.24. The van der Waals surface area contributed by atoms with Gasteiger partial charge >= 0.3 is 0 Å². The quantitative estimate of drug-likeness (QED) is 0.558. The molecule has 1 aliphatic rings. The Kier molecular flexibility index (Phi) is 3.67. The molecule has 0 aromatic carbocycles. The Balaban J connectivity index is 2.25. The van der Waals surface area contributed by atoms with Crippen LogP contribution in [0.4, 0.5) is 0 Å². The number of nitrogens with one attached hydrogen (secondary N) is 1. The van der Waals surface area contributed by atoms with Gasteiger partial charge < -0.3 is 20.3 Å². The number of aliphatic hydroxyl groups is 2. The zero-order valence-corrected chi connectivity index (χ0v) is 8.29. The summed E-state index contributed by atoms with van der Waals surface area (Å²) in [5.41, 5.74) is -0.692. The molecule has 1 aliphatic heterocycles. The van der Waals surface area contributed by atoms with Crippen molar-refractivity contribution >= 4 is 0 Å². The summed E-state index contributed by atoms with van der Waals surface area (Å²) in [5.74, 6) is 0. The molecule has 1 rings (SSSR count). The van der Waals surface area contributed by atoms with Gasteiger partial charge in [0.05, 0.1) is 31.0 Å². The van der Waals surface area contributed by atoms with Crippen molar-refractivity contribution < 1.29 is 14.9 Å². The predicted molar refractivity (Wildman–Crippen MR) is 49.5 cm³/mol. The van der Waals surface area contributed by atoms with Crippen molar-refractivity contribution in [2.45, 2.75) is 38.0 Å². The lowest BCUT2D eigenvalue weighted by atomic mass is 10.0. The van der Waals surface area contributed by atoms with E-state index in [1.165, 1.54) is 0 Å². The van der Waals surface area contributed by atoms with E-state index in [2.05, 4.69) is 5.32 Å². The Morgan fingerprint density at radius 3 is 2.69 bits per heavy atom. The molecule has 3 unspecified atom stereocenters. The van der Waals surface area contributed by atoms with Crippen LogP contribution in [0.25, 0.3) is 0 Å². The fourth-order valence-corrected chi connectivity index (χ4v) is 1.21. The van der Waals surface area contributed by atoms with Crippen LogP contribution in [0.1, 0.15) is 20.3 Å². The fourth-order valence-electron chi connectivity index (χ4n) is 1.21. The van der Waals surface area contributed by atoms with Gasteiger partial charge in [-0.2, -0.15) is 0 Å². The van der Waals surface area contributed by atoms with E-state index in [1.54, 1.807) is 6.92 Å². The van der Waals surface area contributed by atoms with Gasteiger partial charge in [0.1, 0.15) is 0 Å². The van der Waals surface area contributed by atoms with E-state index in [-0.39, 0.29) is 6.04 Å². The highest BCUT2D eigenvalue weighted by Crippen LogP contribution is 2.09. The van der Waals surface area contributed by atoms with Gasteiger partial charge in [-0.1, -0.05) is 6.92 Å². The van der Waals surface area contributed by atoms with Gasteiger partial charge in [-0.15, -0.1) is 0 Å². The van der Waals surface area contributed by atoms with Gasteiger partial charge in [0, 0.05) is 6.54 Å². The molecule has 13 heavy (non-hydrogen) atoms. The van der Waals surface area contributed by atoms with E-state index in [4.69, 9.17) is 4.74 Å². The van der Waals surface area contributed by atoms with E-state index < -0.39 is 11.7 Å². The molecule has 1 saturated heterocycles. The Bertz CT molecular complexity index is 161. The SMILES string of the molecule is CCC(C)(O)CNC1COCC1O. The zero-order chi connectivity index (χ0) is 9.90. The summed E-state index contributed by atoms with van der Waals surface area (Å²) >= 11 is 0. The lowest BCUT2D eigenvalue weighted by molar-refractivity contribution is 0.0474. The standard InChI is InChI=1S/C9H19NO3/c1-3-9(2,12)6-10-7-4-13-5-8(7)11/h7-8,10-12H,3-6H2,1-2H3. The van der Waals surface area contributed by atoms with E-state index in [9.17, 15) is 10.2 Å². The second kappa shape index (κ2) is 4.37. The van der Waals surface area contributed by atoms with Crippen LogP contribution in [-0.4, -0.2) is 47.7 Å². The molecule has 1 fully saturated rings. The minimum atomic E-state index is -0.692. The number of ether oxygens (including phenoxy) is 1. The Labute approximate surface area is 78.9 Å². The molecule has 4 heteroatoms. The monoisotopic (exact) mass is 189 g/mol. The summed E-state index contributed by atoms with van der Waals surface area (Å²) < 4.78 is 5.07. The minimum Gasteiger partial charge on any atom is -0.389 e. The summed E-state index contributed by atoms with van der Waals surface area (Å²) in [6.45, 7) is 5.13. The predicted octanol–water partition coefficient (Wildman–Crippen LogP) is -0.503. The van der Waals surface area contributed by atoms with Crippen LogP contribution >= 0.6 is 0 Å². The number of hydrogen-bond donors (Lipinski definition) is 3. The summed E-state index contributed by atoms with van der Waals surface area (Å²) in [7, 11) is 0. The average Bonchev–Trinajstić information content (AvgIpc) is 2.48. The van der Waals surface area contributed by atoms with Crippen LogP contribution in [0.2, 0.25) is 0 Å². The van der Waals surface area contributed by atoms with Crippen molar-refractivity contribution in [2.24, 2.45) is 0 Å². The van der Waals surface area contributed by atoms with Crippen LogP contribution in [0.15, 0.2) is 0 Å². The lowest BCUT2D eigenvalue weighted by Crippen LogP contribution is -2.46. The van der Waals surface area contributed by atoms with Gasteiger partial charge in [-0.3, -0.25) is 0 Å². The van der Waals surface area contributed by atoms with E-state index in [1.807, 2.05) is 6.92 Å². The highest BCUT2D eigenvalue weighted by atomic mass is 16.5. The van der Waals surface area contributed by atoms with Crippen LogP contribution < -0.4 is 5.32 Å².